The summed E-state index contributed by atoms with van der Waals surface area (Å²) in [4.78, 5) is 32.1. The number of carbonyl (C=O) groups is 2. The summed E-state index contributed by atoms with van der Waals surface area (Å²) in [7, 11) is 0. The van der Waals surface area contributed by atoms with Crippen molar-refractivity contribution >= 4 is 29.1 Å². The Bertz CT molecular complexity index is 1250. The van der Waals surface area contributed by atoms with Crippen LogP contribution in [0.1, 0.15) is 46.3 Å². The van der Waals surface area contributed by atoms with Gasteiger partial charge in [0.05, 0.1) is 25.2 Å². The van der Waals surface area contributed by atoms with Crippen LogP contribution in [-0.4, -0.2) is 39.4 Å². The molecule has 7 nitrogen and oxygen atoms in total. The van der Waals surface area contributed by atoms with Gasteiger partial charge in [-0.05, 0) is 61.2 Å². The molecule has 2 aliphatic heterocycles. The second-order valence-corrected chi connectivity index (χ2v) is 9.49. The van der Waals surface area contributed by atoms with Gasteiger partial charge in [0.15, 0.2) is 5.69 Å². The molecular formula is C26H26ClFN4O3. The summed E-state index contributed by atoms with van der Waals surface area (Å²) in [5, 5.41) is 3.62. The van der Waals surface area contributed by atoms with E-state index in [0.717, 1.165) is 22.5 Å². The molecule has 35 heavy (non-hydrogen) atoms. The molecule has 5 rings (SSSR count). The van der Waals surface area contributed by atoms with E-state index >= 15 is 0 Å². The van der Waals surface area contributed by atoms with Crippen LogP contribution in [0.25, 0.3) is 0 Å². The Labute approximate surface area is 207 Å². The molecule has 0 radical (unpaired) electrons. The molecule has 1 aromatic heterocycles. The number of fused-ring (bicyclic) bond motifs is 1. The summed E-state index contributed by atoms with van der Waals surface area (Å²) in [5.41, 5.74) is 3.68. The zero-order valence-electron chi connectivity index (χ0n) is 19.3. The highest BCUT2D eigenvalue weighted by atomic mass is 35.5. The largest absolute Gasteiger partial charge is 0.365 e. The van der Waals surface area contributed by atoms with Crippen molar-refractivity contribution in [2.24, 2.45) is 5.92 Å². The highest BCUT2D eigenvalue weighted by Gasteiger charge is 2.32. The third kappa shape index (κ3) is 4.94. The number of halogens is 2. The van der Waals surface area contributed by atoms with Crippen molar-refractivity contribution in [3.05, 3.63) is 82.1 Å². The fourth-order valence-electron chi connectivity index (χ4n) is 4.68. The summed E-state index contributed by atoms with van der Waals surface area (Å²) < 4.78 is 21.1. The van der Waals surface area contributed by atoms with E-state index in [4.69, 9.17) is 16.3 Å². The number of nitrogens with zero attached hydrogens (tertiary/aromatic N) is 3. The molecule has 182 valence electrons. The van der Waals surface area contributed by atoms with E-state index in [1.807, 2.05) is 17.6 Å². The average Bonchev–Trinajstić information content (AvgIpc) is 3.29. The van der Waals surface area contributed by atoms with Crippen molar-refractivity contribution in [3.8, 4) is 0 Å². The zero-order chi connectivity index (χ0) is 24.5. The molecule has 0 aliphatic carbocycles. The number of ether oxygens (including phenoxy) is 1. The zero-order valence-corrected chi connectivity index (χ0v) is 20.1. The number of amides is 2. The number of likely N-dealkylation sites (tertiary alicyclic amines) is 1. The predicted octanol–water partition coefficient (Wildman–Crippen LogP) is 4.75. The Morgan fingerprint density at radius 1 is 1.14 bits per heavy atom. The van der Waals surface area contributed by atoms with Gasteiger partial charge in [-0.25, -0.2) is 9.37 Å². The number of anilines is 1. The highest BCUT2D eigenvalue weighted by molar-refractivity contribution is 6.30. The summed E-state index contributed by atoms with van der Waals surface area (Å²) >= 11 is 6.00. The van der Waals surface area contributed by atoms with Gasteiger partial charge in [0.2, 0.25) is 5.91 Å². The maximum atomic E-state index is 13.2. The van der Waals surface area contributed by atoms with Gasteiger partial charge in [-0.3, -0.25) is 9.59 Å². The van der Waals surface area contributed by atoms with Crippen molar-refractivity contribution in [1.29, 1.82) is 0 Å². The molecule has 1 saturated heterocycles. The molecule has 9 heteroatoms. The first kappa shape index (κ1) is 23.5. The third-order valence-electron chi connectivity index (χ3n) is 6.77. The van der Waals surface area contributed by atoms with Gasteiger partial charge in [0, 0.05) is 29.7 Å². The number of nitrogens with one attached hydrogen (secondary N) is 1. The maximum absolute atomic E-state index is 13.2. The fraction of sp³-hybridized carbons (Fsp3) is 0.346. The van der Waals surface area contributed by atoms with Crippen LogP contribution in [0.5, 0.6) is 0 Å². The maximum Gasteiger partial charge on any atom is 0.274 e. The first-order chi connectivity index (χ1) is 16.9. The second-order valence-electron chi connectivity index (χ2n) is 9.06. The average molecular weight is 497 g/mol. The Morgan fingerprint density at radius 2 is 1.89 bits per heavy atom. The van der Waals surface area contributed by atoms with Crippen LogP contribution in [0.2, 0.25) is 5.02 Å². The third-order valence-corrected chi connectivity index (χ3v) is 7.01. The van der Waals surface area contributed by atoms with Crippen LogP contribution in [0.15, 0.2) is 48.8 Å². The lowest BCUT2D eigenvalue weighted by molar-refractivity contribution is -0.121. The molecule has 0 spiro atoms. The van der Waals surface area contributed by atoms with Crippen LogP contribution in [-0.2, 0) is 22.7 Å². The Balaban J connectivity index is 1.19. The van der Waals surface area contributed by atoms with Crippen LogP contribution in [0, 0.1) is 18.7 Å². The molecule has 0 saturated carbocycles. The first-order valence-corrected chi connectivity index (χ1v) is 12.0. The molecule has 3 heterocycles. The van der Waals surface area contributed by atoms with E-state index in [9.17, 15) is 14.0 Å². The van der Waals surface area contributed by atoms with E-state index in [1.54, 1.807) is 35.5 Å². The summed E-state index contributed by atoms with van der Waals surface area (Å²) in [5.74, 6) is -0.635. The van der Waals surface area contributed by atoms with E-state index in [1.165, 1.54) is 12.1 Å². The lowest BCUT2D eigenvalue weighted by Gasteiger charge is -2.31. The minimum atomic E-state index is -0.290. The smallest absolute Gasteiger partial charge is 0.274 e. The number of rotatable bonds is 4. The van der Waals surface area contributed by atoms with Crippen molar-refractivity contribution in [2.75, 3.05) is 18.4 Å². The summed E-state index contributed by atoms with van der Waals surface area (Å²) in [6.45, 7) is 3.64. The molecule has 2 aliphatic rings. The van der Waals surface area contributed by atoms with Crippen molar-refractivity contribution in [2.45, 2.75) is 39.0 Å². The Morgan fingerprint density at radius 3 is 2.60 bits per heavy atom. The van der Waals surface area contributed by atoms with E-state index < -0.39 is 0 Å². The molecule has 1 fully saturated rings. The van der Waals surface area contributed by atoms with Crippen LogP contribution in [0.4, 0.5) is 10.1 Å². The lowest BCUT2D eigenvalue weighted by atomic mass is 9.95. The number of benzene rings is 2. The fourth-order valence-corrected chi connectivity index (χ4v) is 4.91. The summed E-state index contributed by atoms with van der Waals surface area (Å²) in [6.07, 6.45) is 2.61. The van der Waals surface area contributed by atoms with E-state index in [-0.39, 0.29) is 36.3 Å². The molecule has 2 aromatic carbocycles. The SMILES string of the molecule is Cc1cc(Cl)ccc1NC(=O)C1CCN(C(=O)c2ncn3c2CO[C@H](c2ccc(F)cc2)C3)CC1. The molecular weight excluding hydrogens is 471 g/mol. The van der Waals surface area contributed by atoms with Gasteiger partial charge < -0.3 is 19.5 Å². The van der Waals surface area contributed by atoms with Gasteiger partial charge >= 0.3 is 0 Å². The molecule has 0 bridgehead atoms. The van der Waals surface area contributed by atoms with Crippen LogP contribution in [0.3, 0.4) is 0 Å². The molecule has 0 unspecified atom stereocenters. The standard InChI is InChI=1S/C26H26ClFN4O3/c1-16-12-19(27)4-7-21(16)30-25(33)18-8-10-31(11-9-18)26(34)24-22-14-35-23(13-32(22)15-29-24)17-2-5-20(28)6-3-17/h2-7,12,15,18,23H,8-11,13-14H2,1H3,(H,30,33)/t23-/m0/s1. The number of carbonyl (C=O) groups excluding carboxylic acids is 2. The van der Waals surface area contributed by atoms with Crippen molar-refractivity contribution < 1.29 is 18.7 Å². The summed E-state index contributed by atoms with van der Waals surface area (Å²) in [6, 6.07) is 11.6. The number of hydrogen-bond acceptors (Lipinski definition) is 4. The van der Waals surface area contributed by atoms with Crippen LogP contribution < -0.4 is 5.32 Å². The normalized spacial score (nSPS) is 18.3. The Kier molecular flexibility index (Phi) is 6.58. The van der Waals surface area contributed by atoms with Crippen molar-refractivity contribution in [3.63, 3.8) is 0 Å². The lowest BCUT2D eigenvalue weighted by Crippen LogP contribution is -2.42. The first-order valence-electron chi connectivity index (χ1n) is 11.7. The number of piperidine rings is 1. The molecule has 2 amide bonds. The van der Waals surface area contributed by atoms with Gasteiger partial charge in [0.1, 0.15) is 11.9 Å². The van der Waals surface area contributed by atoms with Crippen LogP contribution >= 0.6 is 11.6 Å². The number of aromatic nitrogens is 2. The Hall–Kier alpha value is -3.23. The van der Waals surface area contributed by atoms with Gasteiger partial charge in [-0.2, -0.15) is 0 Å². The van der Waals surface area contributed by atoms with Gasteiger partial charge in [-0.15, -0.1) is 0 Å². The second kappa shape index (κ2) is 9.79. The topological polar surface area (TPSA) is 76.5 Å². The van der Waals surface area contributed by atoms with Gasteiger partial charge in [-0.1, -0.05) is 23.7 Å². The number of aryl methyl sites for hydroxylation is 1. The van der Waals surface area contributed by atoms with Gasteiger partial charge in [0.25, 0.3) is 5.91 Å². The highest BCUT2D eigenvalue weighted by Crippen LogP contribution is 2.29. The minimum Gasteiger partial charge on any atom is -0.365 e. The molecule has 3 aromatic rings. The monoisotopic (exact) mass is 496 g/mol. The minimum absolute atomic E-state index is 0.0397. The number of imidazole rings is 1. The number of hydrogen-bond donors (Lipinski definition) is 1. The predicted molar refractivity (Wildman–Crippen MR) is 130 cm³/mol. The van der Waals surface area contributed by atoms with E-state index in [2.05, 4.69) is 10.3 Å². The van der Waals surface area contributed by atoms with E-state index in [0.29, 0.717) is 43.2 Å². The molecule has 1 N–H and O–H groups in total. The molecule has 1 atom stereocenters. The van der Waals surface area contributed by atoms with Crippen molar-refractivity contribution in [1.82, 2.24) is 14.5 Å². The quantitative estimate of drug-likeness (QED) is 0.565.